The highest BCUT2D eigenvalue weighted by molar-refractivity contribution is 7.26. The molecule has 234 valence electrons. The molecular weight excluding hydrogens is 629 g/mol. The van der Waals surface area contributed by atoms with Gasteiger partial charge in [0.25, 0.3) is 0 Å². The van der Waals surface area contributed by atoms with Gasteiger partial charge in [0.1, 0.15) is 0 Å². The maximum atomic E-state index is 9.44. The van der Waals surface area contributed by atoms with Gasteiger partial charge in [-0.05, 0) is 24.2 Å². The molecule has 0 N–H and O–H groups in total. The second kappa shape index (κ2) is 11.6. The van der Waals surface area contributed by atoms with Crippen LogP contribution in [0.4, 0.5) is 0 Å². The van der Waals surface area contributed by atoms with Gasteiger partial charge in [0.05, 0.1) is 38.7 Å². The summed E-state index contributed by atoms with van der Waals surface area (Å²) in [5, 5.41) is 2.03. The van der Waals surface area contributed by atoms with Crippen LogP contribution in [0.3, 0.4) is 0 Å². The van der Waals surface area contributed by atoms with Crippen molar-refractivity contribution in [2.24, 2.45) is 0 Å². The molecule has 0 saturated heterocycles. The van der Waals surface area contributed by atoms with Crippen LogP contribution in [0.2, 0.25) is 0 Å². The van der Waals surface area contributed by atoms with Crippen LogP contribution in [0.5, 0.6) is 0 Å². The van der Waals surface area contributed by atoms with Gasteiger partial charge < -0.3 is 4.57 Å². The summed E-state index contributed by atoms with van der Waals surface area (Å²) < 4.78 is 141. The molecule has 0 bridgehead atoms. The van der Waals surface area contributed by atoms with Crippen molar-refractivity contribution in [2.75, 3.05) is 0 Å². The van der Waals surface area contributed by atoms with Crippen LogP contribution >= 0.6 is 11.3 Å². The van der Waals surface area contributed by atoms with Crippen LogP contribution in [-0.4, -0.2) is 19.5 Å². The molecule has 0 aliphatic carbocycles. The quantitative estimate of drug-likeness (QED) is 0.183. The molecule has 0 atom stereocenters. The lowest BCUT2D eigenvalue weighted by molar-refractivity contribution is 1.07. The van der Waals surface area contributed by atoms with Crippen molar-refractivity contribution in [3.05, 3.63) is 169 Å². The third-order valence-corrected chi connectivity index (χ3v) is 9.55. The van der Waals surface area contributed by atoms with Gasteiger partial charge in [-0.2, -0.15) is 0 Å². The number of aromatic nitrogens is 4. The number of hydrogen-bond donors (Lipinski definition) is 0. The highest BCUT2D eigenvalue weighted by atomic mass is 32.1. The highest BCUT2D eigenvalue weighted by Crippen LogP contribution is 2.44. The zero-order chi connectivity index (χ0) is 46.9. The molecule has 10 rings (SSSR count). The molecule has 7 aromatic carbocycles. The lowest BCUT2D eigenvalue weighted by atomic mass is 9.98. The Hall–Kier alpha value is -6.43. The van der Waals surface area contributed by atoms with E-state index in [4.69, 9.17) is 20.6 Å². The second-order valence-corrected chi connectivity index (χ2v) is 12.2. The van der Waals surface area contributed by atoms with E-state index in [1.54, 1.807) is 18.2 Å². The monoisotopic (exact) mass is 672 g/mol. The van der Waals surface area contributed by atoms with E-state index in [1.807, 2.05) is 53.1 Å². The first kappa shape index (κ1) is 16.8. The Labute approximate surface area is 315 Å². The zero-order valence-electron chi connectivity index (χ0n) is 41.6. The van der Waals surface area contributed by atoms with E-state index in [9.17, 15) is 1.37 Å². The van der Waals surface area contributed by atoms with Crippen LogP contribution < -0.4 is 0 Å². The van der Waals surface area contributed by atoms with Gasteiger partial charge in [0.2, 0.25) is 0 Å². The minimum atomic E-state index is -0.685. The van der Waals surface area contributed by atoms with Gasteiger partial charge in [0.15, 0.2) is 17.5 Å². The summed E-state index contributed by atoms with van der Waals surface area (Å²) in [6.45, 7) is 0. The molecule has 0 amide bonds. The average Bonchev–Trinajstić information content (AvgIpc) is 3.88. The van der Waals surface area contributed by atoms with Crippen LogP contribution in [0, 0.1) is 0 Å². The molecule has 0 saturated carbocycles. The number of rotatable bonds is 5. The normalized spacial score (nSPS) is 16.1. The number of benzene rings is 7. The first-order valence-electron chi connectivity index (χ1n) is 23.4. The van der Waals surface area contributed by atoms with Crippen molar-refractivity contribution in [2.45, 2.75) is 0 Å². The maximum absolute atomic E-state index is 9.44. The second-order valence-electron chi connectivity index (χ2n) is 11.2. The smallest absolute Gasteiger partial charge is 0.164 e. The number of nitrogens with zero attached hydrogens (tertiary/aromatic N) is 4. The lowest BCUT2D eigenvalue weighted by Gasteiger charge is -2.17. The molecule has 0 aliphatic rings. The number of fused-ring (bicyclic) bond motifs is 6. The van der Waals surface area contributed by atoms with E-state index >= 15 is 0 Å². The largest absolute Gasteiger partial charge is 0.309 e. The van der Waals surface area contributed by atoms with Crippen LogP contribution in [0.1, 0.15) is 21.9 Å². The molecule has 0 fully saturated rings. The third kappa shape index (κ3) is 4.63. The summed E-state index contributed by atoms with van der Waals surface area (Å²) in [5.74, 6) is -1.08. The molecule has 4 nitrogen and oxygen atoms in total. The summed E-state index contributed by atoms with van der Waals surface area (Å²) in [6.07, 6.45) is 0. The summed E-state index contributed by atoms with van der Waals surface area (Å²) in [7, 11) is 0. The van der Waals surface area contributed by atoms with Gasteiger partial charge >= 0.3 is 0 Å². The molecule has 10 aromatic rings. The van der Waals surface area contributed by atoms with Crippen molar-refractivity contribution in [1.29, 1.82) is 0 Å². The van der Waals surface area contributed by atoms with Gasteiger partial charge in [0, 0.05) is 58.8 Å². The molecular formula is C45H28N4S. The van der Waals surface area contributed by atoms with E-state index in [0.29, 0.717) is 20.7 Å². The fourth-order valence-electron chi connectivity index (χ4n) is 6.26. The Balaban J connectivity index is 1.36. The molecule has 0 aliphatic heterocycles. The fraction of sp³-hybridized carbons (Fsp3) is 0. The average molecular weight is 673 g/mol. The van der Waals surface area contributed by atoms with Crippen molar-refractivity contribution in [3.8, 4) is 51.0 Å². The van der Waals surface area contributed by atoms with E-state index in [0.717, 1.165) is 33.1 Å². The Morgan fingerprint density at radius 1 is 0.460 bits per heavy atom. The van der Waals surface area contributed by atoms with E-state index in [2.05, 4.69) is 15.0 Å². The molecule has 3 heterocycles. The van der Waals surface area contributed by atoms with E-state index in [-0.39, 0.29) is 57.9 Å². The summed E-state index contributed by atoms with van der Waals surface area (Å²) in [4.78, 5) is 13.7. The topological polar surface area (TPSA) is 43.6 Å². The lowest BCUT2D eigenvalue weighted by Crippen LogP contribution is -2.02. The van der Waals surface area contributed by atoms with E-state index < -0.39 is 89.2 Å². The van der Waals surface area contributed by atoms with Gasteiger partial charge in [-0.25, -0.2) is 15.0 Å². The zero-order valence-corrected chi connectivity index (χ0v) is 26.4. The van der Waals surface area contributed by atoms with Crippen molar-refractivity contribution >= 4 is 53.3 Å². The number of para-hydroxylation sites is 2. The minimum Gasteiger partial charge on any atom is -0.309 e. The van der Waals surface area contributed by atoms with Crippen LogP contribution in [0.15, 0.2) is 169 Å². The fourth-order valence-corrected chi connectivity index (χ4v) is 7.36. The predicted molar refractivity (Wildman–Crippen MR) is 209 cm³/mol. The molecule has 3 aromatic heterocycles. The third-order valence-electron chi connectivity index (χ3n) is 8.41. The highest BCUT2D eigenvalue weighted by Gasteiger charge is 2.20. The van der Waals surface area contributed by atoms with Crippen molar-refractivity contribution in [3.63, 3.8) is 0 Å². The summed E-state index contributed by atoms with van der Waals surface area (Å²) in [6, 6.07) is 13.0. The molecule has 0 radical (unpaired) electrons. The number of hydrogen-bond acceptors (Lipinski definition) is 4. The molecule has 50 heavy (non-hydrogen) atoms. The Kier molecular flexibility index (Phi) is 3.90. The first-order chi connectivity index (χ1) is 31.4. The Morgan fingerprint density at radius 3 is 1.72 bits per heavy atom. The minimum absolute atomic E-state index is 0.0479. The Morgan fingerprint density at radius 2 is 1.06 bits per heavy atom. The summed E-state index contributed by atoms with van der Waals surface area (Å²) in [5.41, 5.74) is 1.75. The molecule has 0 unspecified atom stereocenters. The van der Waals surface area contributed by atoms with Gasteiger partial charge in [-0.15, -0.1) is 11.3 Å². The van der Waals surface area contributed by atoms with Crippen molar-refractivity contribution in [1.82, 2.24) is 19.5 Å². The van der Waals surface area contributed by atoms with Gasteiger partial charge in [-0.1, -0.05) is 145 Å². The van der Waals surface area contributed by atoms with Crippen molar-refractivity contribution < 1.29 is 21.9 Å². The maximum Gasteiger partial charge on any atom is 0.164 e. The predicted octanol–water partition coefficient (Wildman–Crippen LogP) is 12.0. The van der Waals surface area contributed by atoms with Gasteiger partial charge in [-0.3, -0.25) is 0 Å². The van der Waals surface area contributed by atoms with Crippen LogP contribution in [0.25, 0.3) is 93.0 Å². The standard InChI is InChI=1S/C45H28N4S/c1-3-14-29(15-4-1)43-46-44(30-16-5-2-6-17-30)48-45(47-43)31-26-27-34(36-21-13-22-37-35-20-9-12-25-41(35)50-42(36)37)40(28-31)49-38-23-10-7-18-32(38)33-19-8-11-24-39(33)49/h1-28H/i1D,2D,3D,4D,5D,6D,9D,13D,14D,15D,16D,17D,20D,21D,22D,25D. The first-order valence-corrected chi connectivity index (χ1v) is 16.2. The Bertz CT molecular complexity index is 3610. The number of thiophene rings is 1. The SMILES string of the molecule is [2H]c1cc([2H])c2sc3c(-c4ccc(-c5nc(-c6c([2H])c([2H])c([2H])c([2H])c6[2H])nc(-c6c([2H])c([2H])c([2H])c([2H])c6[2H])n5)cc4-n4c5ccccc5c5ccccc54)c([2H])c([2H])c([2H])c3c2c1[2H]. The summed E-state index contributed by atoms with van der Waals surface area (Å²) >= 11 is 1.08. The van der Waals surface area contributed by atoms with E-state index in [1.165, 1.54) is 6.07 Å². The molecule has 0 spiro atoms. The molecule has 5 heteroatoms. The van der Waals surface area contributed by atoms with Crippen LogP contribution in [-0.2, 0) is 0 Å².